The van der Waals surface area contributed by atoms with Crippen molar-refractivity contribution < 1.29 is 0 Å². The van der Waals surface area contributed by atoms with Crippen molar-refractivity contribution in [2.45, 2.75) is 26.7 Å². The summed E-state index contributed by atoms with van der Waals surface area (Å²) in [6.45, 7) is 12.7. The number of aromatic nitrogens is 3. The monoisotopic (exact) mass is 659 g/mol. The predicted octanol–water partition coefficient (Wildman–Crippen LogP) is 10.8. The normalized spacial score (nSPS) is 12.0. The van der Waals surface area contributed by atoms with Gasteiger partial charge in [0.2, 0.25) is 5.95 Å². The first-order valence-electron chi connectivity index (χ1n) is 17.5. The molecule has 0 amide bonds. The number of fused-ring (bicyclic) bond motifs is 1. The molecule has 0 radical (unpaired) electrons. The molecule has 0 spiro atoms. The quantitative estimate of drug-likeness (QED) is 0.137. The summed E-state index contributed by atoms with van der Waals surface area (Å²) in [5.74, 6) is 0.602. The van der Waals surface area contributed by atoms with Crippen molar-refractivity contribution in [3.63, 3.8) is 0 Å². The molecule has 0 saturated heterocycles. The van der Waals surface area contributed by atoms with E-state index in [1.807, 2.05) is 61.5 Å². The van der Waals surface area contributed by atoms with Crippen LogP contribution in [0.15, 0.2) is 164 Å². The van der Waals surface area contributed by atoms with Crippen molar-refractivity contribution in [1.82, 2.24) is 14.5 Å². The lowest BCUT2D eigenvalue weighted by atomic mass is 9.87. The Labute approximate surface area is 300 Å². The zero-order valence-electron chi connectivity index (χ0n) is 29.3. The van der Waals surface area contributed by atoms with E-state index in [1.165, 1.54) is 27.8 Å². The molecule has 2 aromatic heterocycles. The van der Waals surface area contributed by atoms with E-state index in [4.69, 9.17) is 9.97 Å². The molecule has 0 aliphatic heterocycles. The minimum absolute atomic E-state index is 0.602. The number of aryl methyl sites for hydroxylation is 2. The molecule has 3 heteroatoms. The minimum atomic E-state index is 0.602. The Hall–Kier alpha value is -6.32. The zero-order chi connectivity index (χ0) is 35.2. The average molecular weight is 660 g/mol. The van der Waals surface area contributed by atoms with Crippen molar-refractivity contribution >= 4 is 23.6 Å². The van der Waals surface area contributed by atoms with Crippen LogP contribution in [0.5, 0.6) is 0 Å². The maximum atomic E-state index is 5.23. The second-order valence-electron chi connectivity index (χ2n) is 12.7. The standard InChI is InChI=1S/C48H41N3/c1-5-7-9-12-21-36-22-17-18-27-41(36)47-34(3)20-19-28-42(47)39-30-31-40-35(4)45(29-8-6-2)51(46(40)32-39)48-49-43(37-23-13-10-14-24-37)33-44(50-48)38-25-15-11-16-26-38/h5-11,13-20,22-33H,1,4,12,21H2,2-3H3/b8-6-,9-7-,45-29+. The van der Waals surface area contributed by atoms with Gasteiger partial charge in [-0.2, -0.15) is 0 Å². The third-order valence-electron chi connectivity index (χ3n) is 9.34. The molecule has 3 nitrogen and oxygen atoms in total. The Kier molecular flexibility index (Phi) is 9.80. The van der Waals surface area contributed by atoms with Gasteiger partial charge in [-0.25, -0.2) is 9.97 Å². The van der Waals surface area contributed by atoms with Crippen molar-refractivity contribution in [1.29, 1.82) is 0 Å². The van der Waals surface area contributed by atoms with Crippen LogP contribution in [-0.2, 0) is 6.42 Å². The first-order valence-corrected chi connectivity index (χ1v) is 17.5. The van der Waals surface area contributed by atoms with Gasteiger partial charge in [-0.15, -0.1) is 0 Å². The number of rotatable bonds is 10. The van der Waals surface area contributed by atoms with Crippen molar-refractivity contribution in [3.05, 3.63) is 186 Å². The molecule has 7 aromatic rings. The molecule has 0 atom stereocenters. The molecule has 0 unspecified atom stereocenters. The highest BCUT2D eigenvalue weighted by molar-refractivity contribution is 5.93. The third kappa shape index (κ3) is 6.79. The van der Waals surface area contributed by atoms with E-state index in [1.54, 1.807) is 0 Å². The molecule has 0 aliphatic carbocycles. The van der Waals surface area contributed by atoms with Crippen LogP contribution in [0.25, 0.3) is 74.3 Å². The van der Waals surface area contributed by atoms with Crippen LogP contribution in [-0.4, -0.2) is 14.5 Å². The highest BCUT2D eigenvalue weighted by Crippen LogP contribution is 2.38. The van der Waals surface area contributed by atoms with E-state index in [0.29, 0.717) is 5.95 Å². The molecule has 0 saturated carbocycles. The molecule has 51 heavy (non-hydrogen) atoms. The first-order chi connectivity index (χ1) is 25.1. The van der Waals surface area contributed by atoms with Crippen molar-refractivity contribution in [3.8, 4) is 50.7 Å². The van der Waals surface area contributed by atoms with Gasteiger partial charge in [0.15, 0.2) is 0 Å². The van der Waals surface area contributed by atoms with E-state index in [-0.39, 0.29) is 0 Å². The summed E-state index contributed by atoms with van der Waals surface area (Å²) in [7, 11) is 0. The maximum absolute atomic E-state index is 5.23. The Morgan fingerprint density at radius 2 is 1.35 bits per heavy atom. The largest absolute Gasteiger partial charge is 0.278 e. The lowest BCUT2D eigenvalue weighted by molar-refractivity contribution is 0.940. The topological polar surface area (TPSA) is 30.7 Å². The Morgan fingerprint density at radius 1 is 0.686 bits per heavy atom. The Bertz CT molecular complexity index is 2460. The van der Waals surface area contributed by atoms with Gasteiger partial charge in [-0.3, -0.25) is 4.57 Å². The molecule has 0 aliphatic rings. The fourth-order valence-electron chi connectivity index (χ4n) is 6.85. The summed E-state index contributed by atoms with van der Waals surface area (Å²) in [5.41, 5.74) is 12.2. The van der Waals surface area contributed by atoms with Crippen LogP contribution >= 0.6 is 0 Å². The van der Waals surface area contributed by atoms with Crippen LogP contribution in [0.2, 0.25) is 0 Å². The number of benzene rings is 5. The fraction of sp³-hybridized carbons (Fsp3) is 0.0833. The molecule has 7 rings (SSSR count). The van der Waals surface area contributed by atoms with E-state index >= 15 is 0 Å². The molecular formula is C48H41N3. The van der Waals surface area contributed by atoms with E-state index in [2.05, 4.69) is 134 Å². The second kappa shape index (κ2) is 15.1. The summed E-state index contributed by atoms with van der Waals surface area (Å²) < 4.78 is 2.18. The van der Waals surface area contributed by atoms with Gasteiger partial charge >= 0.3 is 0 Å². The molecule has 0 fully saturated rings. The number of nitrogens with zero attached hydrogens (tertiary/aromatic N) is 3. The number of allylic oxidation sites excluding steroid dienone is 5. The Morgan fingerprint density at radius 3 is 2.04 bits per heavy atom. The van der Waals surface area contributed by atoms with Crippen LogP contribution in [0, 0.1) is 6.92 Å². The zero-order valence-corrected chi connectivity index (χ0v) is 29.3. The summed E-state index contributed by atoms with van der Waals surface area (Å²) >= 11 is 0. The van der Waals surface area contributed by atoms with Gasteiger partial charge in [-0.05, 0) is 78.3 Å². The van der Waals surface area contributed by atoms with Crippen molar-refractivity contribution in [2.24, 2.45) is 0 Å². The molecule has 5 aromatic carbocycles. The average Bonchev–Trinajstić information content (AvgIpc) is 3.46. The summed E-state index contributed by atoms with van der Waals surface area (Å²) in [6, 6.07) is 44.8. The van der Waals surface area contributed by atoms with E-state index < -0.39 is 0 Å². The van der Waals surface area contributed by atoms with Crippen LogP contribution in [0.3, 0.4) is 0 Å². The summed E-state index contributed by atoms with van der Waals surface area (Å²) in [5, 5.41) is 2.95. The highest BCUT2D eigenvalue weighted by atomic mass is 15.2. The van der Waals surface area contributed by atoms with Gasteiger partial charge in [0.05, 0.1) is 22.3 Å². The predicted molar refractivity (Wildman–Crippen MR) is 217 cm³/mol. The lowest BCUT2D eigenvalue weighted by Crippen LogP contribution is -2.28. The molecule has 248 valence electrons. The van der Waals surface area contributed by atoms with Gasteiger partial charge < -0.3 is 0 Å². The fourth-order valence-corrected chi connectivity index (χ4v) is 6.85. The molecule has 0 bridgehead atoms. The van der Waals surface area contributed by atoms with E-state index in [0.717, 1.165) is 62.4 Å². The second-order valence-corrected chi connectivity index (χ2v) is 12.7. The van der Waals surface area contributed by atoms with Crippen LogP contribution < -0.4 is 10.6 Å². The SMILES string of the molecule is C=C/C=C\CCc1ccccc1-c1c(C)cccc1-c1ccc2c(=C)/c(=C\C=C/C)n(-c3nc(-c4ccccc4)cc(-c4ccccc4)n3)c2c1. The number of hydrogen-bond donors (Lipinski definition) is 0. The summed E-state index contributed by atoms with van der Waals surface area (Å²) in [6.07, 6.45) is 14.1. The van der Waals surface area contributed by atoms with E-state index in [9.17, 15) is 0 Å². The molecule has 2 heterocycles. The number of hydrogen-bond acceptors (Lipinski definition) is 2. The minimum Gasteiger partial charge on any atom is -0.278 e. The van der Waals surface area contributed by atoms with Crippen molar-refractivity contribution in [2.75, 3.05) is 0 Å². The highest BCUT2D eigenvalue weighted by Gasteiger charge is 2.18. The molecule has 0 N–H and O–H groups in total. The van der Waals surface area contributed by atoms with Crippen LogP contribution in [0.4, 0.5) is 0 Å². The van der Waals surface area contributed by atoms with Crippen LogP contribution in [0.1, 0.15) is 24.5 Å². The lowest BCUT2D eigenvalue weighted by Gasteiger charge is -2.17. The third-order valence-corrected chi connectivity index (χ3v) is 9.34. The Balaban J connectivity index is 1.48. The van der Waals surface area contributed by atoms with Gasteiger partial charge in [0.1, 0.15) is 0 Å². The molecular weight excluding hydrogens is 619 g/mol. The smallest absolute Gasteiger partial charge is 0.235 e. The summed E-state index contributed by atoms with van der Waals surface area (Å²) in [4.78, 5) is 10.5. The van der Waals surface area contributed by atoms with Gasteiger partial charge in [0.25, 0.3) is 0 Å². The van der Waals surface area contributed by atoms with Gasteiger partial charge in [0, 0.05) is 21.7 Å². The first kappa shape index (κ1) is 33.2. The van der Waals surface area contributed by atoms with Gasteiger partial charge in [-0.1, -0.05) is 159 Å². The maximum Gasteiger partial charge on any atom is 0.235 e.